The minimum Gasteiger partial charge on any atom is -0.457 e. The molecule has 0 N–H and O–H groups in total. The maximum absolute atomic E-state index is 6.81. The summed E-state index contributed by atoms with van der Waals surface area (Å²) in [5.41, 5.74) is 35.2. The summed E-state index contributed by atoms with van der Waals surface area (Å²) in [5.74, 6) is 4.82. The zero-order valence-corrected chi connectivity index (χ0v) is 58.4. The van der Waals surface area contributed by atoms with E-state index in [0.29, 0.717) is 11.6 Å². The molecule has 15 aromatic carbocycles. The van der Waals surface area contributed by atoms with E-state index < -0.39 is 10.8 Å². The Labute approximate surface area is 625 Å². The van der Waals surface area contributed by atoms with Crippen LogP contribution in [-0.2, 0) is 10.8 Å². The summed E-state index contributed by atoms with van der Waals surface area (Å²) >= 11 is 0. The van der Waals surface area contributed by atoms with Gasteiger partial charge in [0.15, 0.2) is 11.6 Å². The summed E-state index contributed by atoms with van der Waals surface area (Å²) in [7, 11) is 0. The SMILES string of the molecule is c1ccc(-c2cc(-c3ccc(-c4ccc5c(c4)C4(c6ccccc6O5)c5ccccc5-c5ccccc54)cc3)nc(-c3ccc4c(c3)C3c5ccccc5C4c4cc(-c5nc(-c6ccccc6)cc(-c6ccc(-c7ccc8c(c7)C7(c9ccccc9O8)c8ccccc8-c8ccccc87)cc6)n5)ccc43)n2)cc1. The Morgan fingerprint density at radius 3 is 0.843 bits per heavy atom. The fraction of sp³-hybridized carbons (Fsp3) is 0.0392. The highest BCUT2D eigenvalue weighted by atomic mass is 16.5. The second-order valence-electron chi connectivity index (χ2n) is 29.3. The van der Waals surface area contributed by atoms with Crippen molar-refractivity contribution in [3.05, 3.63) is 442 Å². The molecule has 2 spiro atoms. The Kier molecular flexibility index (Phi) is 13.0. The van der Waals surface area contributed by atoms with E-state index in [1.807, 2.05) is 0 Å². The van der Waals surface area contributed by atoms with Gasteiger partial charge in [0.1, 0.15) is 23.0 Å². The van der Waals surface area contributed by atoms with Crippen molar-refractivity contribution in [2.75, 3.05) is 0 Å². The van der Waals surface area contributed by atoms with E-state index in [0.717, 1.165) is 124 Å². The molecule has 4 heterocycles. The zero-order valence-electron chi connectivity index (χ0n) is 58.4. The lowest BCUT2D eigenvalue weighted by Crippen LogP contribution is -2.32. The molecule has 17 aromatic rings. The van der Waals surface area contributed by atoms with Crippen LogP contribution in [0, 0.1) is 0 Å². The molecule has 2 unspecified atom stereocenters. The van der Waals surface area contributed by atoms with Crippen molar-refractivity contribution < 1.29 is 9.47 Å². The number of hydrogen-bond acceptors (Lipinski definition) is 6. The maximum Gasteiger partial charge on any atom is 0.160 e. The Balaban J connectivity index is 0.586. The second kappa shape index (κ2) is 23.3. The molecule has 2 aliphatic heterocycles. The first-order chi connectivity index (χ1) is 53.5. The van der Waals surface area contributed by atoms with Gasteiger partial charge in [-0.05, 0) is 161 Å². The summed E-state index contributed by atoms with van der Waals surface area (Å²) in [6, 6.07) is 132. The molecule has 6 heteroatoms. The highest BCUT2D eigenvalue weighted by Crippen LogP contribution is 2.65. The van der Waals surface area contributed by atoms with Crippen molar-refractivity contribution in [1.82, 2.24) is 19.9 Å². The van der Waals surface area contributed by atoms with Crippen LogP contribution in [0.1, 0.15) is 89.7 Å². The molecule has 0 saturated carbocycles. The number of para-hydroxylation sites is 2. The van der Waals surface area contributed by atoms with Crippen LogP contribution in [-0.4, -0.2) is 19.9 Å². The van der Waals surface area contributed by atoms with Crippen molar-refractivity contribution in [2.45, 2.75) is 22.7 Å². The average molecular weight is 1380 g/mol. The Bertz CT molecular complexity index is 6150. The number of benzene rings is 15. The van der Waals surface area contributed by atoms with Gasteiger partial charge in [-0.25, -0.2) is 19.9 Å². The number of fused-ring (bicyclic) bond motifs is 18. The monoisotopic (exact) mass is 1370 g/mol. The molecule has 2 bridgehead atoms. The molecule has 108 heavy (non-hydrogen) atoms. The lowest BCUT2D eigenvalue weighted by Gasteiger charge is -2.42. The molecule has 7 aliphatic rings. The molecule has 2 atom stereocenters. The predicted octanol–water partition coefficient (Wildman–Crippen LogP) is 24.5. The molecule has 24 rings (SSSR count). The van der Waals surface area contributed by atoms with E-state index in [-0.39, 0.29) is 11.8 Å². The van der Waals surface area contributed by atoms with Crippen LogP contribution in [0.2, 0.25) is 0 Å². The van der Waals surface area contributed by atoms with E-state index in [4.69, 9.17) is 29.4 Å². The first-order valence-corrected chi connectivity index (χ1v) is 37.2. The normalized spacial score (nSPS) is 15.1. The third kappa shape index (κ3) is 8.77. The second-order valence-corrected chi connectivity index (χ2v) is 29.3. The molecular formula is C102H62N4O2. The first-order valence-electron chi connectivity index (χ1n) is 37.2. The van der Waals surface area contributed by atoms with Gasteiger partial charge >= 0.3 is 0 Å². The van der Waals surface area contributed by atoms with Crippen LogP contribution in [0.15, 0.2) is 364 Å². The molecule has 0 amide bonds. The van der Waals surface area contributed by atoms with Crippen LogP contribution in [0.4, 0.5) is 0 Å². The molecule has 6 nitrogen and oxygen atoms in total. The summed E-state index contributed by atoms with van der Waals surface area (Å²) in [6.45, 7) is 0. The van der Waals surface area contributed by atoms with Crippen LogP contribution < -0.4 is 9.47 Å². The third-order valence-electron chi connectivity index (χ3n) is 23.9. The summed E-state index contributed by atoms with van der Waals surface area (Å²) in [5, 5.41) is 0. The van der Waals surface area contributed by atoms with E-state index in [9.17, 15) is 0 Å². The van der Waals surface area contributed by atoms with Crippen LogP contribution in [0.3, 0.4) is 0 Å². The van der Waals surface area contributed by atoms with Gasteiger partial charge in [0.05, 0.1) is 33.6 Å². The number of ether oxygens (including phenoxy) is 2. The number of rotatable bonds is 8. The van der Waals surface area contributed by atoms with E-state index >= 15 is 0 Å². The quantitative estimate of drug-likeness (QED) is 0.151. The molecule has 0 radical (unpaired) electrons. The topological polar surface area (TPSA) is 70.0 Å². The smallest absolute Gasteiger partial charge is 0.160 e. The summed E-state index contributed by atoms with van der Waals surface area (Å²) in [4.78, 5) is 21.8. The van der Waals surface area contributed by atoms with Crippen molar-refractivity contribution in [2.24, 2.45) is 0 Å². The minimum atomic E-state index is -0.554. The van der Waals surface area contributed by atoms with Crippen molar-refractivity contribution in [3.63, 3.8) is 0 Å². The number of nitrogens with zero attached hydrogens (tertiary/aromatic N) is 4. The Morgan fingerprint density at radius 2 is 0.463 bits per heavy atom. The minimum absolute atomic E-state index is 0.0214. The molecular weight excluding hydrogens is 1310 g/mol. The standard InChI is InChI=1S/C102H62N4O2/c1-3-21-63(22-4-1)89-59-91(65-43-39-61(40-44-65)67-49-53-95-87(57-67)101(85-35-17-19-37-93(85)107-95)81-31-13-9-25-71(81)72-26-10-14-32-82(72)101)105-99(103-89)69-47-51-77-79(55-69)97-75-29-7-8-30-76(75)98(77)80-56-70(48-52-78(80)97)100-104-90(64-23-5-2-6-24-64)60-92(106-100)66-45-41-62(42-46-66)68-50-54-96-88(58-68)102(86-36-18-20-38-94(86)108-96)83-33-15-11-27-73(83)74-28-12-16-34-84(74)102/h1-60,97-98H. The number of aromatic nitrogens is 4. The molecule has 5 aliphatic carbocycles. The lowest BCUT2D eigenvalue weighted by atomic mass is 9.61. The van der Waals surface area contributed by atoms with Gasteiger partial charge in [0.2, 0.25) is 0 Å². The Hall–Kier alpha value is -13.9. The van der Waals surface area contributed by atoms with Gasteiger partial charge in [0.25, 0.3) is 0 Å². The zero-order chi connectivity index (χ0) is 70.8. The van der Waals surface area contributed by atoms with E-state index in [1.165, 1.54) is 77.9 Å². The van der Waals surface area contributed by atoms with E-state index in [2.05, 4.69) is 364 Å². The van der Waals surface area contributed by atoms with Gasteiger partial charge < -0.3 is 9.47 Å². The average Bonchev–Trinajstić information content (AvgIpc) is 1.52. The van der Waals surface area contributed by atoms with Crippen molar-refractivity contribution in [3.8, 4) is 135 Å². The van der Waals surface area contributed by atoms with Crippen LogP contribution in [0.5, 0.6) is 23.0 Å². The van der Waals surface area contributed by atoms with E-state index in [1.54, 1.807) is 0 Å². The Morgan fingerprint density at radius 1 is 0.185 bits per heavy atom. The van der Waals surface area contributed by atoms with Gasteiger partial charge in [-0.2, -0.15) is 0 Å². The van der Waals surface area contributed by atoms with Crippen molar-refractivity contribution >= 4 is 0 Å². The molecule has 2 aromatic heterocycles. The molecule has 502 valence electrons. The largest absolute Gasteiger partial charge is 0.457 e. The maximum atomic E-state index is 6.81. The van der Waals surface area contributed by atoms with Gasteiger partial charge in [-0.1, -0.05) is 303 Å². The van der Waals surface area contributed by atoms with Gasteiger partial charge in [0, 0.05) is 67.5 Å². The highest BCUT2D eigenvalue weighted by molar-refractivity contribution is 5.92. The predicted molar refractivity (Wildman–Crippen MR) is 431 cm³/mol. The molecule has 0 saturated heterocycles. The number of hydrogen-bond donors (Lipinski definition) is 0. The summed E-state index contributed by atoms with van der Waals surface area (Å²) < 4.78 is 13.6. The van der Waals surface area contributed by atoms with Crippen LogP contribution in [0.25, 0.3) is 112 Å². The van der Waals surface area contributed by atoms with Crippen LogP contribution >= 0.6 is 0 Å². The van der Waals surface area contributed by atoms with Crippen molar-refractivity contribution in [1.29, 1.82) is 0 Å². The fourth-order valence-corrected chi connectivity index (χ4v) is 19.2. The van der Waals surface area contributed by atoms with Gasteiger partial charge in [-0.3, -0.25) is 0 Å². The fourth-order valence-electron chi connectivity index (χ4n) is 19.2. The lowest BCUT2D eigenvalue weighted by molar-refractivity contribution is 0.436. The highest BCUT2D eigenvalue weighted by Gasteiger charge is 2.53. The first kappa shape index (κ1) is 60.5. The van der Waals surface area contributed by atoms with Gasteiger partial charge in [-0.15, -0.1) is 0 Å². The molecule has 0 fully saturated rings. The third-order valence-corrected chi connectivity index (χ3v) is 23.9. The summed E-state index contributed by atoms with van der Waals surface area (Å²) in [6.07, 6.45) is 0.